The average Bonchev–Trinajstić information content (AvgIpc) is 2.25. The zero-order valence-corrected chi connectivity index (χ0v) is 52.5. The normalized spacial score (nSPS) is 10.8. The molecule has 0 aliphatic rings. The van der Waals surface area contributed by atoms with Crippen molar-refractivity contribution < 1.29 is 60.0 Å². The zero-order chi connectivity index (χ0) is 59.3. The minimum absolute atomic E-state index is 0. The molecule has 0 unspecified atom stereocenters. The summed E-state index contributed by atoms with van der Waals surface area (Å²) in [4.78, 5) is 9.07. The Morgan fingerprint density at radius 1 is 0.333 bits per heavy atom. The number of alkyl halides is 2. The van der Waals surface area contributed by atoms with Crippen molar-refractivity contribution in [2.75, 3.05) is 31.5 Å². The Kier molecular flexibility index (Phi) is 31.6. The van der Waals surface area contributed by atoms with Gasteiger partial charge in [0.2, 0.25) is 0 Å². The third-order valence-electron chi connectivity index (χ3n) is 15.0. The monoisotopic (exact) mass is 1280 g/mol. The number of hydrogen-bond acceptors (Lipinski definition) is 11. The second-order valence-corrected chi connectivity index (χ2v) is 21.8. The molecule has 2 heterocycles. The molecule has 0 aliphatic carbocycles. The Balaban J connectivity index is 0.000000269. The van der Waals surface area contributed by atoms with Crippen LogP contribution < -0.4 is 63.5 Å². The average molecular weight is 1280 g/mol. The summed E-state index contributed by atoms with van der Waals surface area (Å²) < 4.78 is 0. The van der Waals surface area contributed by atoms with Gasteiger partial charge in [-0.15, -0.1) is 46.2 Å². The molecule has 10 rings (SSSR count). The van der Waals surface area contributed by atoms with E-state index in [0.29, 0.717) is 52.4 Å². The van der Waals surface area contributed by atoms with Gasteiger partial charge in [0, 0.05) is 87.0 Å². The van der Waals surface area contributed by atoms with Gasteiger partial charge in [0.15, 0.2) is 0 Å². The summed E-state index contributed by atoms with van der Waals surface area (Å²) in [5.41, 5.74) is 9.68. The summed E-state index contributed by atoms with van der Waals surface area (Å²) in [5, 5.41) is 61.4. The SMILES string of the molecule is CC(CNCc1ccccc1[O-])(CNCc1ccccc1[O-])c1ccccn1.CC(CNCc1ccccc1[O-])(CNCc1ccccc1[O-])c1ccccn1.ClCCl.[Fe+3].[Fe+3].[OH-].c1ccc([B-](c2ccccc2)(c2ccccc2)c2ccccc2)cc1. The number of hydrogen-bond donors (Lipinski definition) is 4. The zero-order valence-electron chi connectivity index (χ0n) is 48.8. The molecule has 0 saturated heterocycles. The molecule has 2 aromatic heterocycles. The van der Waals surface area contributed by atoms with Crippen LogP contribution in [0.3, 0.4) is 0 Å². The second kappa shape index (κ2) is 38.1. The molecule has 16 heteroatoms. The van der Waals surface area contributed by atoms with Crippen LogP contribution in [0.4, 0.5) is 0 Å². The van der Waals surface area contributed by atoms with Crippen LogP contribution in [0.25, 0.3) is 0 Å². The molecule has 5 N–H and O–H groups in total. The smallest absolute Gasteiger partial charge is 0.872 e. The molecule has 87 heavy (non-hydrogen) atoms. The molecule has 450 valence electrons. The van der Waals surface area contributed by atoms with E-state index in [1.807, 2.05) is 84.9 Å². The van der Waals surface area contributed by atoms with Gasteiger partial charge >= 0.3 is 34.1 Å². The van der Waals surface area contributed by atoms with E-state index in [9.17, 15) is 20.4 Å². The van der Waals surface area contributed by atoms with Crippen molar-refractivity contribution in [1.29, 1.82) is 0 Å². The summed E-state index contributed by atoms with van der Waals surface area (Å²) in [6.07, 6.45) is 2.35. The van der Waals surface area contributed by atoms with Crippen LogP contribution in [0.15, 0.2) is 267 Å². The van der Waals surface area contributed by atoms with Crippen molar-refractivity contribution in [3.05, 3.63) is 301 Å². The van der Waals surface area contributed by atoms with Crippen LogP contribution in [-0.2, 0) is 71.1 Å². The summed E-state index contributed by atoms with van der Waals surface area (Å²) in [6, 6.07) is 83.5. The van der Waals surface area contributed by atoms with Gasteiger partial charge in [0.05, 0.1) is 5.34 Å². The number of halogens is 2. The molecule has 0 atom stereocenters. The number of para-hydroxylation sites is 4. The Labute approximate surface area is 544 Å². The minimum atomic E-state index is -1.22. The standard InChI is InChI=1S/C24H20B.2C23H27N3O2.CH2Cl2.2Fe.H2O/c1-5-13-21(14-6-1)25(22-15-7-2-8-16-22,23-17-9-3-10-18-23)24-19-11-4-12-20-24;2*1-23(22-12-6-7-13-26-22,16-24-14-18-8-2-4-10-20(18)27)17-25-15-19-9-3-5-11-21(19)28;2-1-3;;;/h1-20H;2*2-13,24-25,27-28H,14-17H2,1H3;1H2;;;1H2/q-1;;;;2*+3;/p-5. The first-order chi connectivity index (χ1) is 41.0. The fourth-order valence-electron chi connectivity index (χ4n) is 10.5. The van der Waals surface area contributed by atoms with Crippen LogP contribution in [0.1, 0.15) is 47.5 Å². The Morgan fingerprint density at radius 2 is 0.540 bits per heavy atom. The van der Waals surface area contributed by atoms with E-state index < -0.39 is 6.15 Å². The summed E-state index contributed by atoms with van der Waals surface area (Å²) >= 11 is 9.53. The van der Waals surface area contributed by atoms with Gasteiger partial charge in [-0.2, -0.15) is 21.9 Å². The van der Waals surface area contributed by atoms with Gasteiger partial charge in [-0.25, -0.2) is 0 Å². The number of rotatable bonds is 22. The van der Waals surface area contributed by atoms with E-state index in [-0.39, 0.29) is 78.8 Å². The third kappa shape index (κ3) is 21.0. The van der Waals surface area contributed by atoms with E-state index >= 15 is 0 Å². The number of aromatic nitrogens is 2. The van der Waals surface area contributed by atoms with E-state index in [0.717, 1.165) is 33.6 Å². The molecule has 0 saturated carbocycles. The maximum atomic E-state index is 11.9. The molecule has 0 bridgehead atoms. The molecule has 0 amide bonds. The number of pyridine rings is 2. The fourth-order valence-corrected chi connectivity index (χ4v) is 10.5. The summed E-state index contributed by atoms with van der Waals surface area (Å²) in [6.45, 7) is 8.85. The van der Waals surface area contributed by atoms with Gasteiger partial charge in [-0.1, -0.05) is 244 Å². The van der Waals surface area contributed by atoms with Crippen molar-refractivity contribution in [2.24, 2.45) is 0 Å². The third-order valence-corrected chi connectivity index (χ3v) is 15.0. The molecule has 0 spiro atoms. The van der Waals surface area contributed by atoms with E-state index in [4.69, 9.17) is 23.2 Å². The fraction of sp³-hybridized carbons (Fsp3) is 0.183. The van der Waals surface area contributed by atoms with Crippen molar-refractivity contribution in [3.63, 3.8) is 0 Å². The number of benzene rings is 8. The van der Waals surface area contributed by atoms with E-state index in [1.54, 1.807) is 60.9 Å². The van der Waals surface area contributed by atoms with Crippen molar-refractivity contribution >= 4 is 51.2 Å². The maximum absolute atomic E-state index is 11.9. The molecule has 8 aromatic carbocycles. The van der Waals surface area contributed by atoms with Gasteiger partial charge in [-0.3, -0.25) is 9.97 Å². The summed E-state index contributed by atoms with van der Waals surface area (Å²) in [7, 11) is 0. The summed E-state index contributed by atoms with van der Waals surface area (Å²) in [5.74, 6) is 0.166. The first-order valence-corrected chi connectivity index (χ1v) is 29.2. The Bertz CT molecular complexity index is 3050. The number of nitrogens with zero attached hydrogens (tertiary/aromatic N) is 2. The molecule has 0 aliphatic heterocycles. The minimum Gasteiger partial charge on any atom is -0.872 e. The van der Waals surface area contributed by atoms with Crippen LogP contribution in [-0.4, -0.2) is 53.1 Å². The van der Waals surface area contributed by atoms with E-state index in [1.165, 1.54) is 21.9 Å². The maximum Gasteiger partial charge on any atom is 3.00 e. The van der Waals surface area contributed by atoms with Crippen molar-refractivity contribution in [1.82, 2.24) is 31.2 Å². The molecule has 10 aromatic rings. The van der Waals surface area contributed by atoms with Crippen LogP contribution >= 0.6 is 23.2 Å². The molecular weight excluding hydrogens is 1210 g/mol. The molecule has 11 nitrogen and oxygen atoms in total. The Morgan fingerprint density at radius 3 is 0.747 bits per heavy atom. The number of nitrogens with one attached hydrogen (secondary N) is 4. The Hall–Kier alpha value is -7.26. The predicted octanol–water partition coefficient (Wildman–Crippen LogP) is 8.44. The first kappa shape index (κ1) is 72.2. The molecule has 0 fully saturated rings. The van der Waals surface area contributed by atoms with Gasteiger partial charge in [0.25, 0.3) is 0 Å². The van der Waals surface area contributed by atoms with Crippen LogP contribution in [0.5, 0.6) is 23.0 Å². The van der Waals surface area contributed by atoms with Crippen LogP contribution in [0, 0.1) is 0 Å². The quantitative estimate of drug-likeness (QED) is 0.0376. The topological polar surface area (TPSA) is 196 Å². The molecule has 2 radical (unpaired) electrons. The predicted molar refractivity (Wildman–Crippen MR) is 342 cm³/mol. The van der Waals surface area contributed by atoms with Gasteiger partial charge in [-0.05, 0) is 46.5 Å². The van der Waals surface area contributed by atoms with Gasteiger partial charge in [0.1, 0.15) is 6.15 Å². The second-order valence-electron chi connectivity index (χ2n) is 21.0. The van der Waals surface area contributed by atoms with Gasteiger partial charge < -0.3 is 47.2 Å². The van der Waals surface area contributed by atoms with Crippen molar-refractivity contribution in [2.45, 2.75) is 50.9 Å². The largest absolute Gasteiger partial charge is 3.00 e. The van der Waals surface area contributed by atoms with E-state index in [2.05, 4.69) is 166 Å². The molecular formula is C71H73BCl2Fe2N6O5. The first-order valence-electron chi connectivity index (χ1n) is 28.2. The van der Waals surface area contributed by atoms with Crippen LogP contribution in [0.2, 0.25) is 0 Å². The van der Waals surface area contributed by atoms with Crippen molar-refractivity contribution in [3.8, 4) is 23.0 Å².